The first-order valence-electron chi connectivity index (χ1n) is 6.83. The van der Waals surface area contributed by atoms with Crippen molar-refractivity contribution in [3.05, 3.63) is 35.4 Å². The van der Waals surface area contributed by atoms with Gasteiger partial charge in [-0.25, -0.2) is 0 Å². The van der Waals surface area contributed by atoms with E-state index >= 15 is 0 Å². The smallest absolute Gasteiger partial charge is 0.0878 e. The van der Waals surface area contributed by atoms with Crippen molar-refractivity contribution in [2.24, 2.45) is 0 Å². The van der Waals surface area contributed by atoms with Gasteiger partial charge in [-0.2, -0.15) is 11.8 Å². The number of hydrogen-bond donors (Lipinski definition) is 0. The Bertz CT molecular complexity index is 321. The van der Waals surface area contributed by atoms with E-state index in [0.29, 0.717) is 0 Å². The number of benzene rings is 1. The number of ether oxygens (including phenoxy) is 1. The summed E-state index contributed by atoms with van der Waals surface area (Å²) in [6.45, 7) is 11.3. The van der Waals surface area contributed by atoms with Crippen molar-refractivity contribution in [1.29, 1.82) is 0 Å². The van der Waals surface area contributed by atoms with Crippen LogP contribution in [-0.4, -0.2) is 18.6 Å². The molecule has 0 aromatic heterocycles. The second-order valence-electron chi connectivity index (χ2n) is 4.36. The highest BCUT2D eigenvalue weighted by Crippen LogP contribution is 2.28. The quantitative estimate of drug-likeness (QED) is 0.679. The second-order valence-corrected chi connectivity index (χ2v) is 5.35. The molecule has 1 nitrogen and oxygen atoms in total. The number of aryl methyl sites for hydroxylation is 1. The zero-order valence-corrected chi connectivity index (χ0v) is 13.6. The molecule has 1 rings (SSSR count). The van der Waals surface area contributed by atoms with E-state index in [2.05, 4.69) is 51.3 Å². The molecule has 0 N–H and O–H groups in total. The molecule has 0 saturated heterocycles. The summed E-state index contributed by atoms with van der Waals surface area (Å²) in [6.07, 6.45) is 3.17. The van der Waals surface area contributed by atoms with E-state index in [9.17, 15) is 0 Å². The molecule has 0 spiro atoms. The van der Waals surface area contributed by atoms with Crippen molar-refractivity contribution >= 4 is 11.8 Å². The summed E-state index contributed by atoms with van der Waals surface area (Å²) in [6, 6.07) is 8.56. The van der Waals surface area contributed by atoms with Crippen LogP contribution < -0.4 is 0 Å². The van der Waals surface area contributed by atoms with Gasteiger partial charge in [0.25, 0.3) is 0 Å². The lowest BCUT2D eigenvalue weighted by Gasteiger charge is -2.28. The highest BCUT2D eigenvalue weighted by atomic mass is 32.2. The highest BCUT2D eigenvalue weighted by molar-refractivity contribution is 7.98. The standard InChI is InChI=1S/C14H22OS.C2H6/c1-5-12-8-6-7-9-13(12)14(2,3)15-10-11-16-4;1-2/h6-9H,5,10-11H2,1-4H3;1-2H3. The van der Waals surface area contributed by atoms with Gasteiger partial charge in [-0.3, -0.25) is 0 Å². The van der Waals surface area contributed by atoms with Gasteiger partial charge in [0.1, 0.15) is 0 Å². The van der Waals surface area contributed by atoms with Crippen LogP contribution in [-0.2, 0) is 16.8 Å². The monoisotopic (exact) mass is 268 g/mol. The number of hydrogen-bond acceptors (Lipinski definition) is 2. The summed E-state index contributed by atoms with van der Waals surface area (Å²) in [4.78, 5) is 0. The summed E-state index contributed by atoms with van der Waals surface area (Å²) >= 11 is 1.82. The highest BCUT2D eigenvalue weighted by Gasteiger charge is 2.23. The van der Waals surface area contributed by atoms with Crippen molar-refractivity contribution in [1.82, 2.24) is 0 Å². The van der Waals surface area contributed by atoms with E-state index in [-0.39, 0.29) is 5.60 Å². The van der Waals surface area contributed by atoms with Crippen LogP contribution >= 0.6 is 11.8 Å². The van der Waals surface area contributed by atoms with Gasteiger partial charge >= 0.3 is 0 Å². The normalized spacial score (nSPS) is 10.8. The number of thioether (sulfide) groups is 1. The van der Waals surface area contributed by atoms with Gasteiger partial charge in [-0.05, 0) is 37.7 Å². The Labute approximate surface area is 117 Å². The molecule has 104 valence electrons. The van der Waals surface area contributed by atoms with Gasteiger partial charge in [-0.15, -0.1) is 0 Å². The molecule has 0 aliphatic rings. The first-order valence-corrected chi connectivity index (χ1v) is 8.22. The first-order chi connectivity index (χ1) is 8.61. The lowest BCUT2D eigenvalue weighted by atomic mass is 9.92. The Hall–Kier alpha value is -0.470. The third kappa shape index (κ3) is 5.45. The summed E-state index contributed by atoms with van der Waals surface area (Å²) in [5, 5.41) is 0. The zero-order chi connectivity index (χ0) is 14.0. The van der Waals surface area contributed by atoms with Gasteiger partial charge in [0.15, 0.2) is 0 Å². The lowest BCUT2D eigenvalue weighted by molar-refractivity contribution is -0.0130. The lowest BCUT2D eigenvalue weighted by Crippen LogP contribution is -2.24. The van der Waals surface area contributed by atoms with Crippen LogP contribution in [0.4, 0.5) is 0 Å². The molecule has 18 heavy (non-hydrogen) atoms. The van der Waals surface area contributed by atoms with Crippen LogP contribution in [0.25, 0.3) is 0 Å². The van der Waals surface area contributed by atoms with Gasteiger partial charge < -0.3 is 4.74 Å². The fraction of sp³-hybridized carbons (Fsp3) is 0.625. The van der Waals surface area contributed by atoms with Crippen LogP contribution in [0.2, 0.25) is 0 Å². The third-order valence-corrected chi connectivity index (χ3v) is 3.37. The van der Waals surface area contributed by atoms with E-state index in [4.69, 9.17) is 4.74 Å². The fourth-order valence-electron chi connectivity index (χ4n) is 1.87. The van der Waals surface area contributed by atoms with Gasteiger partial charge in [0.2, 0.25) is 0 Å². The van der Waals surface area contributed by atoms with Gasteiger partial charge in [0, 0.05) is 5.75 Å². The largest absolute Gasteiger partial charge is 0.370 e. The maximum Gasteiger partial charge on any atom is 0.0878 e. The van der Waals surface area contributed by atoms with E-state index < -0.39 is 0 Å². The molecule has 1 aromatic carbocycles. The van der Waals surface area contributed by atoms with Crippen LogP contribution in [0.15, 0.2) is 24.3 Å². The Morgan fingerprint density at radius 2 is 1.78 bits per heavy atom. The third-order valence-electron chi connectivity index (χ3n) is 2.80. The molecule has 1 aromatic rings. The molecule has 0 amide bonds. The Morgan fingerprint density at radius 1 is 1.17 bits per heavy atom. The van der Waals surface area contributed by atoms with Gasteiger partial charge in [0.05, 0.1) is 12.2 Å². The van der Waals surface area contributed by atoms with Crippen molar-refractivity contribution in [2.45, 2.75) is 46.6 Å². The van der Waals surface area contributed by atoms with E-state index in [1.807, 2.05) is 25.6 Å². The van der Waals surface area contributed by atoms with Crippen molar-refractivity contribution in [3.63, 3.8) is 0 Å². The van der Waals surface area contributed by atoms with Crippen molar-refractivity contribution in [3.8, 4) is 0 Å². The predicted octanol–water partition coefficient (Wildman–Crippen LogP) is 4.89. The molecule has 0 saturated carbocycles. The van der Waals surface area contributed by atoms with Crippen LogP contribution in [0.5, 0.6) is 0 Å². The van der Waals surface area contributed by atoms with Gasteiger partial charge in [-0.1, -0.05) is 45.0 Å². The van der Waals surface area contributed by atoms with Crippen LogP contribution in [0, 0.1) is 0 Å². The Kier molecular flexibility index (Phi) is 9.21. The zero-order valence-electron chi connectivity index (χ0n) is 12.7. The average Bonchev–Trinajstić information content (AvgIpc) is 2.41. The van der Waals surface area contributed by atoms with Crippen LogP contribution in [0.1, 0.15) is 45.7 Å². The second kappa shape index (κ2) is 9.46. The molecule has 0 heterocycles. The Morgan fingerprint density at radius 3 is 2.33 bits per heavy atom. The van der Waals surface area contributed by atoms with E-state index in [1.165, 1.54) is 11.1 Å². The molecule has 0 aliphatic carbocycles. The molecule has 0 unspecified atom stereocenters. The maximum absolute atomic E-state index is 5.98. The predicted molar refractivity (Wildman–Crippen MR) is 84.5 cm³/mol. The minimum Gasteiger partial charge on any atom is -0.370 e. The minimum atomic E-state index is -0.178. The Balaban J connectivity index is 0.00000137. The summed E-state index contributed by atoms with van der Waals surface area (Å²) < 4.78 is 5.98. The molecule has 0 fully saturated rings. The molecule has 2 heteroatoms. The molecule has 0 aliphatic heterocycles. The minimum absolute atomic E-state index is 0.178. The van der Waals surface area contributed by atoms with Crippen molar-refractivity contribution < 1.29 is 4.74 Å². The van der Waals surface area contributed by atoms with E-state index in [1.54, 1.807) is 0 Å². The molecular weight excluding hydrogens is 240 g/mol. The molecule has 0 atom stereocenters. The molecular formula is C16H28OS. The topological polar surface area (TPSA) is 9.23 Å². The SMILES string of the molecule is CC.CCc1ccccc1C(C)(C)OCCSC. The maximum atomic E-state index is 5.98. The average molecular weight is 268 g/mol. The van der Waals surface area contributed by atoms with Crippen LogP contribution in [0.3, 0.4) is 0 Å². The molecule has 0 radical (unpaired) electrons. The summed E-state index contributed by atoms with van der Waals surface area (Å²) in [7, 11) is 0. The number of rotatable bonds is 6. The van der Waals surface area contributed by atoms with Crippen molar-refractivity contribution in [2.75, 3.05) is 18.6 Å². The summed E-state index contributed by atoms with van der Waals surface area (Å²) in [5.74, 6) is 1.05. The molecule has 0 bridgehead atoms. The first kappa shape index (κ1) is 17.5. The van der Waals surface area contributed by atoms with E-state index in [0.717, 1.165) is 18.8 Å². The summed E-state index contributed by atoms with van der Waals surface area (Å²) in [5.41, 5.74) is 2.53. The fourth-order valence-corrected chi connectivity index (χ4v) is 2.12.